The van der Waals surface area contributed by atoms with Crippen LogP contribution in [0.15, 0.2) is 18.2 Å². The van der Waals surface area contributed by atoms with Crippen LogP contribution in [0.3, 0.4) is 0 Å². The molecule has 1 aromatic rings. The fourth-order valence-corrected chi connectivity index (χ4v) is 1.50. The molecule has 1 amide bonds. The lowest BCUT2D eigenvalue weighted by molar-refractivity contribution is -0.130. The van der Waals surface area contributed by atoms with E-state index < -0.39 is 6.04 Å². The number of benzene rings is 1. The van der Waals surface area contributed by atoms with Crippen LogP contribution in [0.2, 0.25) is 10.0 Å². The van der Waals surface area contributed by atoms with E-state index in [1.54, 1.807) is 18.2 Å². The molecule has 0 aromatic heterocycles. The predicted octanol–water partition coefficient (Wildman–Crippen LogP) is 1.72. The van der Waals surface area contributed by atoms with E-state index in [0.717, 1.165) is 10.6 Å². The molecule has 0 saturated heterocycles. The average Bonchev–Trinajstić information content (AvgIpc) is 2.21. The Balaban J connectivity index is 2.77. The molecule has 1 atom stereocenters. The van der Waals surface area contributed by atoms with E-state index >= 15 is 0 Å². The second-order valence-electron chi connectivity index (χ2n) is 3.49. The molecule has 0 aliphatic rings. The van der Waals surface area contributed by atoms with Gasteiger partial charge < -0.3 is 5.73 Å². The zero-order valence-corrected chi connectivity index (χ0v) is 10.3. The smallest absolute Gasteiger partial charge is 0.238 e. The lowest BCUT2D eigenvalue weighted by Gasteiger charge is -2.15. The first-order valence-corrected chi connectivity index (χ1v) is 5.39. The molecule has 0 aliphatic carbocycles. The summed E-state index contributed by atoms with van der Waals surface area (Å²) in [6.45, 7) is 0. The number of hydrogen-bond donors (Lipinski definition) is 2. The van der Waals surface area contributed by atoms with E-state index in [-0.39, 0.29) is 12.3 Å². The number of halogens is 2. The summed E-state index contributed by atoms with van der Waals surface area (Å²) < 4.78 is 0. The second-order valence-corrected chi connectivity index (χ2v) is 4.30. The van der Waals surface area contributed by atoms with Crippen LogP contribution in [0, 0.1) is 0 Å². The quantitative estimate of drug-likeness (QED) is 0.495. The first-order chi connectivity index (χ1) is 7.41. The summed E-state index contributed by atoms with van der Waals surface area (Å²) in [6, 6.07) is 4.60. The van der Waals surface area contributed by atoms with Gasteiger partial charge in [0.15, 0.2) is 0 Å². The van der Waals surface area contributed by atoms with E-state index in [0.29, 0.717) is 10.0 Å². The van der Waals surface area contributed by atoms with Gasteiger partial charge >= 0.3 is 0 Å². The van der Waals surface area contributed by atoms with Crippen molar-refractivity contribution in [1.82, 2.24) is 5.01 Å². The number of hydrogen-bond acceptors (Lipinski definition) is 3. The Morgan fingerprint density at radius 3 is 2.56 bits per heavy atom. The first kappa shape index (κ1) is 13.3. The van der Waals surface area contributed by atoms with E-state index in [4.69, 9.17) is 34.8 Å². The minimum absolute atomic E-state index is 0.130. The highest BCUT2D eigenvalue weighted by molar-refractivity contribution is 6.42. The van der Waals surface area contributed by atoms with Crippen molar-refractivity contribution in [3.05, 3.63) is 33.8 Å². The normalized spacial score (nSPS) is 12.3. The van der Waals surface area contributed by atoms with Crippen molar-refractivity contribution in [2.75, 3.05) is 7.05 Å². The van der Waals surface area contributed by atoms with Crippen molar-refractivity contribution in [3.63, 3.8) is 0 Å². The Morgan fingerprint density at radius 2 is 2.06 bits per heavy atom. The van der Waals surface area contributed by atoms with Crippen LogP contribution in [0.25, 0.3) is 0 Å². The summed E-state index contributed by atoms with van der Waals surface area (Å²) in [7, 11) is 1.48. The molecule has 1 unspecified atom stereocenters. The third-order valence-corrected chi connectivity index (χ3v) is 2.90. The highest BCUT2D eigenvalue weighted by Gasteiger charge is 2.14. The molecule has 0 heterocycles. The van der Waals surface area contributed by atoms with Crippen molar-refractivity contribution in [2.45, 2.75) is 12.5 Å². The molecule has 0 spiro atoms. The molecule has 4 N–H and O–H groups in total. The van der Waals surface area contributed by atoms with Crippen LogP contribution < -0.4 is 11.6 Å². The van der Waals surface area contributed by atoms with Gasteiger partial charge in [0, 0.05) is 19.5 Å². The maximum absolute atomic E-state index is 11.3. The first-order valence-electron chi connectivity index (χ1n) is 4.63. The van der Waals surface area contributed by atoms with Crippen molar-refractivity contribution in [2.24, 2.45) is 11.6 Å². The van der Waals surface area contributed by atoms with Gasteiger partial charge in [-0.25, -0.2) is 5.84 Å². The Labute approximate surface area is 104 Å². The molecular formula is C10H13Cl2N3O. The number of amides is 1. The maximum Gasteiger partial charge on any atom is 0.238 e. The second kappa shape index (κ2) is 5.50. The molecular weight excluding hydrogens is 249 g/mol. The van der Waals surface area contributed by atoms with Crippen LogP contribution in [0.4, 0.5) is 0 Å². The lowest BCUT2D eigenvalue weighted by atomic mass is 10.0. The largest absolute Gasteiger partial charge is 0.324 e. The molecule has 4 nitrogen and oxygen atoms in total. The van der Waals surface area contributed by atoms with Crippen LogP contribution in [0.1, 0.15) is 18.0 Å². The van der Waals surface area contributed by atoms with Gasteiger partial charge in [-0.1, -0.05) is 29.3 Å². The zero-order chi connectivity index (χ0) is 12.3. The number of rotatable bonds is 3. The summed E-state index contributed by atoms with van der Waals surface area (Å²) in [5, 5.41) is 1.89. The SMILES string of the molecule is CN(N)C(=O)CC(N)c1ccc(Cl)c(Cl)c1. The number of carbonyl (C=O) groups excluding carboxylic acids is 1. The van der Waals surface area contributed by atoms with E-state index in [9.17, 15) is 4.79 Å². The summed E-state index contributed by atoms with van der Waals surface area (Å²) in [6.07, 6.45) is 0.130. The maximum atomic E-state index is 11.3. The molecule has 1 aromatic carbocycles. The minimum atomic E-state index is -0.437. The van der Waals surface area contributed by atoms with Gasteiger partial charge in [0.1, 0.15) is 0 Å². The van der Waals surface area contributed by atoms with Gasteiger partial charge in [-0.05, 0) is 17.7 Å². The van der Waals surface area contributed by atoms with Gasteiger partial charge in [-0.3, -0.25) is 9.80 Å². The standard InChI is InChI=1S/C10H13Cl2N3O/c1-15(14)10(16)5-9(13)6-2-3-7(11)8(12)4-6/h2-4,9H,5,13-14H2,1H3. The van der Waals surface area contributed by atoms with Crippen molar-refractivity contribution in [1.29, 1.82) is 0 Å². The summed E-state index contributed by atoms with van der Waals surface area (Å²) in [5.41, 5.74) is 6.60. The third-order valence-electron chi connectivity index (χ3n) is 2.16. The summed E-state index contributed by atoms with van der Waals surface area (Å²) in [4.78, 5) is 11.3. The Morgan fingerprint density at radius 1 is 1.44 bits per heavy atom. The molecule has 0 saturated carbocycles. The van der Waals surface area contributed by atoms with Crippen LogP contribution in [0.5, 0.6) is 0 Å². The highest BCUT2D eigenvalue weighted by Crippen LogP contribution is 2.25. The van der Waals surface area contributed by atoms with Gasteiger partial charge in [-0.2, -0.15) is 0 Å². The van der Waals surface area contributed by atoms with Gasteiger partial charge in [0.25, 0.3) is 0 Å². The molecule has 0 bridgehead atoms. The van der Waals surface area contributed by atoms with Crippen LogP contribution in [-0.2, 0) is 4.79 Å². The van der Waals surface area contributed by atoms with E-state index in [2.05, 4.69) is 0 Å². The van der Waals surface area contributed by atoms with Crippen molar-refractivity contribution >= 4 is 29.1 Å². The molecule has 0 fully saturated rings. The van der Waals surface area contributed by atoms with Gasteiger partial charge in [0.05, 0.1) is 10.0 Å². The van der Waals surface area contributed by atoms with E-state index in [1.165, 1.54) is 7.05 Å². The third kappa shape index (κ3) is 3.35. The number of hydrazine groups is 1. The van der Waals surface area contributed by atoms with Crippen LogP contribution >= 0.6 is 23.2 Å². The molecule has 16 heavy (non-hydrogen) atoms. The molecule has 0 aliphatic heterocycles. The number of nitrogens with zero attached hydrogens (tertiary/aromatic N) is 1. The zero-order valence-electron chi connectivity index (χ0n) is 8.78. The van der Waals surface area contributed by atoms with E-state index in [1.807, 2.05) is 0 Å². The molecule has 1 rings (SSSR count). The predicted molar refractivity (Wildman–Crippen MR) is 65.0 cm³/mol. The molecule has 0 radical (unpaired) electrons. The Kier molecular flexibility index (Phi) is 4.56. The van der Waals surface area contributed by atoms with Crippen molar-refractivity contribution < 1.29 is 4.79 Å². The summed E-state index contributed by atoms with van der Waals surface area (Å²) >= 11 is 11.6. The topological polar surface area (TPSA) is 72.3 Å². The fourth-order valence-electron chi connectivity index (χ4n) is 1.19. The average molecular weight is 262 g/mol. The monoisotopic (exact) mass is 261 g/mol. The van der Waals surface area contributed by atoms with Crippen LogP contribution in [-0.4, -0.2) is 18.0 Å². The Hall–Kier alpha value is -0.810. The number of nitrogens with two attached hydrogens (primary N) is 2. The molecule has 88 valence electrons. The highest BCUT2D eigenvalue weighted by atomic mass is 35.5. The Bertz CT molecular complexity index is 396. The summed E-state index contributed by atoms with van der Waals surface area (Å²) in [5.74, 6) is 5.06. The van der Waals surface area contributed by atoms with Gasteiger partial charge in [0.2, 0.25) is 5.91 Å². The lowest BCUT2D eigenvalue weighted by Crippen LogP contribution is -2.35. The molecule has 6 heteroatoms. The van der Waals surface area contributed by atoms with Gasteiger partial charge in [-0.15, -0.1) is 0 Å². The minimum Gasteiger partial charge on any atom is -0.324 e. The fraction of sp³-hybridized carbons (Fsp3) is 0.300. The number of carbonyl (C=O) groups is 1. The van der Waals surface area contributed by atoms with Crippen molar-refractivity contribution in [3.8, 4) is 0 Å².